The van der Waals surface area contributed by atoms with Gasteiger partial charge in [-0.05, 0) is 66.1 Å². The van der Waals surface area contributed by atoms with Crippen molar-refractivity contribution in [3.63, 3.8) is 0 Å². The Kier molecular flexibility index (Phi) is 9.56. The topological polar surface area (TPSA) is 70.6 Å². The standard InChI is InChI=1S/C36H37Cl2N5O4/c37-31-9-5-28(22-32(31)38)41-17-19-42(20-18-41)29-6-11-35(39-23-29)47-30-7-1-26(2-8-30)4-12-36(44)43-15-13-40(14-16-43)24-27-3-10-33-34(21-27)46-25-45-33/h1-3,5-11,21-23H,4,12-20,24-25H2. The minimum absolute atomic E-state index is 0.202. The molecule has 0 bridgehead atoms. The first-order valence-electron chi connectivity index (χ1n) is 16.0. The minimum atomic E-state index is 0.202. The number of amides is 1. The highest BCUT2D eigenvalue weighted by Crippen LogP contribution is 2.33. The Hall–Kier alpha value is -4.18. The van der Waals surface area contributed by atoms with Crippen LogP contribution in [-0.4, -0.2) is 79.8 Å². The Morgan fingerprint density at radius 1 is 0.723 bits per heavy atom. The Labute approximate surface area is 285 Å². The van der Waals surface area contributed by atoms with Crippen molar-refractivity contribution in [2.45, 2.75) is 19.4 Å². The monoisotopic (exact) mass is 673 g/mol. The first-order valence-corrected chi connectivity index (χ1v) is 16.8. The lowest BCUT2D eigenvalue weighted by Gasteiger charge is -2.37. The molecule has 0 spiro atoms. The van der Waals surface area contributed by atoms with Crippen LogP contribution in [0.25, 0.3) is 0 Å². The van der Waals surface area contributed by atoms with Crippen LogP contribution in [0.4, 0.5) is 11.4 Å². The number of fused-ring (bicyclic) bond motifs is 1. The fraction of sp³-hybridized carbons (Fsp3) is 0.333. The molecule has 9 nitrogen and oxygen atoms in total. The van der Waals surface area contributed by atoms with Crippen molar-refractivity contribution in [1.29, 1.82) is 0 Å². The Balaban J connectivity index is 0.829. The first-order chi connectivity index (χ1) is 23.0. The summed E-state index contributed by atoms with van der Waals surface area (Å²) in [5, 5.41) is 1.15. The van der Waals surface area contributed by atoms with Gasteiger partial charge in [0, 0.05) is 77.1 Å². The van der Waals surface area contributed by atoms with Gasteiger partial charge in [-0.15, -0.1) is 0 Å². The van der Waals surface area contributed by atoms with Crippen molar-refractivity contribution in [3.05, 3.63) is 100 Å². The van der Waals surface area contributed by atoms with Gasteiger partial charge < -0.3 is 28.9 Å². The number of hydrogen-bond acceptors (Lipinski definition) is 8. The van der Waals surface area contributed by atoms with Crippen LogP contribution in [-0.2, 0) is 17.8 Å². The average molecular weight is 675 g/mol. The largest absolute Gasteiger partial charge is 0.454 e. The fourth-order valence-corrected chi connectivity index (χ4v) is 6.52. The van der Waals surface area contributed by atoms with Crippen molar-refractivity contribution in [3.8, 4) is 23.1 Å². The second-order valence-corrected chi connectivity index (χ2v) is 12.8. The quantitative estimate of drug-likeness (QED) is 0.199. The highest BCUT2D eigenvalue weighted by atomic mass is 35.5. The first kappa shape index (κ1) is 31.4. The zero-order valence-corrected chi connectivity index (χ0v) is 27.6. The molecule has 4 aromatic rings. The summed E-state index contributed by atoms with van der Waals surface area (Å²) in [6.07, 6.45) is 3.05. The predicted molar refractivity (Wildman–Crippen MR) is 184 cm³/mol. The number of hydrogen-bond donors (Lipinski definition) is 0. The van der Waals surface area contributed by atoms with Gasteiger partial charge in [0.25, 0.3) is 0 Å². The highest BCUT2D eigenvalue weighted by molar-refractivity contribution is 6.42. The third-order valence-electron chi connectivity index (χ3n) is 8.98. The minimum Gasteiger partial charge on any atom is -0.454 e. The third kappa shape index (κ3) is 7.70. The van der Waals surface area contributed by atoms with E-state index in [1.54, 1.807) is 0 Å². The van der Waals surface area contributed by atoms with Crippen LogP contribution < -0.4 is 24.0 Å². The van der Waals surface area contributed by atoms with Gasteiger partial charge >= 0.3 is 0 Å². The Morgan fingerprint density at radius 3 is 2.15 bits per heavy atom. The molecule has 0 radical (unpaired) electrons. The lowest BCUT2D eigenvalue weighted by Crippen LogP contribution is -2.48. The number of anilines is 2. The molecule has 0 atom stereocenters. The van der Waals surface area contributed by atoms with E-state index in [0.717, 1.165) is 87.3 Å². The van der Waals surface area contributed by atoms with Gasteiger partial charge in [0.2, 0.25) is 18.6 Å². The van der Waals surface area contributed by atoms with Crippen molar-refractivity contribution in [1.82, 2.24) is 14.8 Å². The molecule has 244 valence electrons. The van der Waals surface area contributed by atoms with E-state index in [-0.39, 0.29) is 12.7 Å². The lowest BCUT2D eigenvalue weighted by molar-refractivity contribution is -0.133. The van der Waals surface area contributed by atoms with Crippen LogP contribution in [0.15, 0.2) is 79.0 Å². The number of benzene rings is 3. The van der Waals surface area contributed by atoms with Gasteiger partial charge in [0.15, 0.2) is 11.5 Å². The maximum Gasteiger partial charge on any atom is 0.231 e. The van der Waals surface area contributed by atoms with E-state index in [1.807, 2.05) is 77.8 Å². The zero-order chi connectivity index (χ0) is 32.2. The van der Waals surface area contributed by atoms with Gasteiger partial charge in [-0.25, -0.2) is 4.98 Å². The van der Waals surface area contributed by atoms with Gasteiger partial charge in [-0.1, -0.05) is 41.4 Å². The number of rotatable bonds is 9. The van der Waals surface area contributed by atoms with Crippen LogP contribution in [0.5, 0.6) is 23.1 Å². The number of nitrogens with zero attached hydrogens (tertiary/aromatic N) is 5. The summed E-state index contributed by atoms with van der Waals surface area (Å²) in [4.78, 5) is 26.5. The summed E-state index contributed by atoms with van der Waals surface area (Å²) in [7, 11) is 0. The Bertz CT molecular complexity index is 1690. The molecule has 0 unspecified atom stereocenters. The highest BCUT2D eigenvalue weighted by Gasteiger charge is 2.22. The van der Waals surface area contributed by atoms with Crippen LogP contribution >= 0.6 is 23.2 Å². The number of carbonyl (C=O) groups excluding carboxylic acids is 1. The smallest absolute Gasteiger partial charge is 0.231 e. The van der Waals surface area contributed by atoms with E-state index in [0.29, 0.717) is 34.5 Å². The summed E-state index contributed by atoms with van der Waals surface area (Å²) in [5.41, 5.74) is 4.46. The summed E-state index contributed by atoms with van der Waals surface area (Å²) >= 11 is 12.3. The van der Waals surface area contributed by atoms with E-state index >= 15 is 0 Å². The third-order valence-corrected chi connectivity index (χ3v) is 9.71. The van der Waals surface area contributed by atoms with Crippen molar-refractivity contribution >= 4 is 40.5 Å². The number of ether oxygens (including phenoxy) is 3. The number of aryl methyl sites for hydroxylation is 1. The fourth-order valence-electron chi connectivity index (χ4n) is 6.23. The zero-order valence-electron chi connectivity index (χ0n) is 26.1. The molecule has 2 saturated heterocycles. The van der Waals surface area contributed by atoms with Crippen LogP contribution in [0, 0.1) is 0 Å². The van der Waals surface area contributed by atoms with Crippen LogP contribution in [0.2, 0.25) is 10.0 Å². The summed E-state index contributed by atoms with van der Waals surface area (Å²) in [5.74, 6) is 3.08. The second kappa shape index (κ2) is 14.3. The molecule has 2 fully saturated rings. The van der Waals surface area contributed by atoms with Gasteiger partial charge in [-0.2, -0.15) is 0 Å². The van der Waals surface area contributed by atoms with E-state index in [1.165, 1.54) is 5.56 Å². The van der Waals surface area contributed by atoms with E-state index in [2.05, 4.69) is 25.8 Å². The molecule has 3 aliphatic heterocycles. The Morgan fingerprint density at radius 2 is 1.43 bits per heavy atom. The molecule has 4 heterocycles. The number of aromatic nitrogens is 1. The number of carbonyl (C=O) groups is 1. The van der Waals surface area contributed by atoms with E-state index < -0.39 is 0 Å². The molecule has 11 heteroatoms. The number of pyridine rings is 1. The molecular formula is C36H37Cl2N5O4. The molecule has 0 N–H and O–H groups in total. The number of piperazine rings is 2. The van der Waals surface area contributed by atoms with Gasteiger partial charge in [0.1, 0.15) is 5.75 Å². The SMILES string of the molecule is O=C(CCc1ccc(Oc2ccc(N3CCN(c4ccc(Cl)c(Cl)c4)CC3)cn2)cc1)N1CCN(Cc2ccc3c(c2)OCO3)CC1. The van der Waals surface area contributed by atoms with Crippen molar-refractivity contribution in [2.24, 2.45) is 0 Å². The molecular weight excluding hydrogens is 637 g/mol. The normalized spacial score (nSPS) is 16.4. The maximum atomic E-state index is 12.9. The van der Waals surface area contributed by atoms with Crippen LogP contribution in [0.1, 0.15) is 17.5 Å². The molecule has 0 saturated carbocycles. The number of halogens is 2. The summed E-state index contributed by atoms with van der Waals surface area (Å²) < 4.78 is 16.9. The second-order valence-electron chi connectivity index (χ2n) is 12.0. The molecule has 7 rings (SSSR count). The molecule has 47 heavy (non-hydrogen) atoms. The lowest BCUT2D eigenvalue weighted by atomic mass is 10.1. The average Bonchev–Trinajstić information content (AvgIpc) is 3.58. The van der Waals surface area contributed by atoms with Crippen molar-refractivity contribution in [2.75, 3.05) is 69.0 Å². The van der Waals surface area contributed by atoms with Gasteiger partial charge in [-0.3, -0.25) is 9.69 Å². The van der Waals surface area contributed by atoms with E-state index in [4.69, 9.17) is 37.4 Å². The molecule has 3 aromatic carbocycles. The molecule has 3 aliphatic rings. The molecule has 1 amide bonds. The van der Waals surface area contributed by atoms with Gasteiger partial charge in [0.05, 0.1) is 21.9 Å². The van der Waals surface area contributed by atoms with Crippen LogP contribution in [0.3, 0.4) is 0 Å². The molecule has 1 aromatic heterocycles. The van der Waals surface area contributed by atoms with E-state index in [9.17, 15) is 4.79 Å². The molecule has 0 aliphatic carbocycles. The summed E-state index contributed by atoms with van der Waals surface area (Å²) in [6, 6.07) is 23.8. The maximum absolute atomic E-state index is 12.9. The predicted octanol–water partition coefficient (Wildman–Crippen LogP) is 6.51. The van der Waals surface area contributed by atoms with Crippen molar-refractivity contribution < 1.29 is 19.0 Å². The summed E-state index contributed by atoms with van der Waals surface area (Å²) in [6.45, 7) is 7.86.